The first kappa shape index (κ1) is 20.1. The van der Waals surface area contributed by atoms with Gasteiger partial charge in [-0.1, -0.05) is 29.8 Å². The summed E-state index contributed by atoms with van der Waals surface area (Å²) in [6.45, 7) is 6.10. The topological polar surface area (TPSA) is 56.3 Å². The summed E-state index contributed by atoms with van der Waals surface area (Å²) in [5.41, 5.74) is 3.09. The van der Waals surface area contributed by atoms with Crippen molar-refractivity contribution >= 4 is 23.3 Å². The van der Waals surface area contributed by atoms with E-state index in [4.69, 9.17) is 4.74 Å². The van der Waals surface area contributed by atoms with Crippen LogP contribution in [0.2, 0.25) is 0 Å². The summed E-state index contributed by atoms with van der Waals surface area (Å²) in [6.07, 6.45) is 0. The Labute approximate surface area is 177 Å². The molecule has 2 heterocycles. The van der Waals surface area contributed by atoms with Crippen LogP contribution in [-0.2, 0) is 4.79 Å². The van der Waals surface area contributed by atoms with Crippen molar-refractivity contribution in [2.75, 3.05) is 62.7 Å². The van der Waals surface area contributed by atoms with Crippen molar-refractivity contribution < 1.29 is 14.3 Å². The molecular weight excluding hydrogens is 380 g/mol. The second-order valence-electron chi connectivity index (χ2n) is 7.73. The summed E-state index contributed by atoms with van der Waals surface area (Å²) in [6, 6.07) is 15.7. The highest BCUT2D eigenvalue weighted by molar-refractivity contribution is 5.96. The van der Waals surface area contributed by atoms with Crippen LogP contribution in [0.5, 0.6) is 5.75 Å². The lowest BCUT2D eigenvalue weighted by Crippen LogP contribution is -2.51. The Morgan fingerprint density at radius 3 is 2.33 bits per heavy atom. The Morgan fingerprint density at radius 2 is 1.63 bits per heavy atom. The molecule has 7 nitrogen and oxygen atoms in total. The van der Waals surface area contributed by atoms with E-state index in [2.05, 4.69) is 4.90 Å². The molecule has 0 aromatic heterocycles. The van der Waals surface area contributed by atoms with Gasteiger partial charge >= 0.3 is 6.03 Å². The van der Waals surface area contributed by atoms with Gasteiger partial charge in [0.2, 0.25) is 5.91 Å². The standard InChI is InChI=1S/C23H28N4O3/c1-18-7-9-19(10-8-18)27-16-15-26(23(27)29)17-22(28)25-13-11-24(12-14-25)20-5-3-4-6-21(20)30-2/h3-10H,11-17H2,1-2H3. The number of hydrogen-bond acceptors (Lipinski definition) is 4. The Bertz CT molecular complexity index is 907. The third-order valence-corrected chi connectivity index (χ3v) is 5.82. The fourth-order valence-corrected chi connectivity index (χ4v) is 4.04. The number of hydrogen-bond donors (Lipinski definition) is 0. The molecule has 0 spiro atoms. The van der Waals surface area contributed by atoms with E-state index in [0.29, 0.717) is 26.2 Å². The number of anilines is 2. The van der Waals surface area contributed by atoms with Crippen LogP contribution in [0.4, 0.5) is 16.2 Å². The summed E-state index contributed by atoms with van der Waals surface area (Å²) in [7, 11) is 1.67. The highest BCUT2D eigenvalue weighted by atomic mass is 16.5. The minimum absolute atomic E-state index is 0.00813. The number of ether oxygens (including phenoxy) is 1. The molecule has 3 amide bonds. The number of carbonyl (C=O) groups is 2. The van der Waals surface area contributed by atoms with Crippen molar-refractivity contribution in [3.05, 3.63) is 54.1 Å². The van der Waals surface area contributed by atoms with Crippen LogP contribution in [0.3, 0.4) is 0 Å². The molecule has 0 radical (unpaired) electrons. The first-order valence-electron chi connectivity index (χ1n) is 10.4. The zero-order valence-electron chi connectivity index (χ0n) is 17.6. The molecule has 2 aromatic carbocycles. The number of amides is 3. The van der Waals surface area contributed by atoms with Crippen molar-refractivity contribution in [3.63, 3.8) is 0 Å². The van der Waals surface area contributed by atoms with Crippen molar-refractivity contribution in [3.8, 4) is 5.75 Å². The van der Waals surface area contributed by atoms with Gasteiger partial charge in [-0.25, -0.2) is 4.79 Å². The SMILES string of the molecule is COc1ccccc1N1CCN(C(=O)CN2CCN(c3ccc(C)cc3)C2=O)CC1. The maximum absolute atomic E-state index is 12.8. The molecule has 0 N–H and O–H groups in total. The predicted octanol–water partition coefficient (Wildman–Crippen LogP) is 2.59. The van der Waals surface area contributed by atoms with Crippen molar-refractivity contribution in [1.29, 1.82) is 0 Å². The molecule has 7 heteroatoms. The summed E-state index contributed by atoms with van der Waals surface area (Å²) in [4.78, 5) is 33.1. The first-order valence-corrected chi connectivity index (χ1v) is 10.4. The van der Waals surface area contributed by atoms with Crippen LogP contribution in [0, 0.1) is 6.92 Å². The van der Waals surface area contributed by atoms with Crippen LogP contribution in [0.1, 0.15) is 5.56 Å². The number of para-hydroxylation sites is 2. The second-order valence-corrected chi connectivity index (χ2v) is 7.73. The zero-order chi connectivity index (χ0) is 21.1. The average molecular weight is 409 g/mol. The van der Waals surface area contributed by atoms with E-state index >= 15 is 0 Å². The van der Waals surface area contributed by atoms with E-state index in [-0.39, 0.29) is 18.5 Å². The van der Waals surface area contributed by atoms with E-state index in [0.717, 1.165) is 35.8 Å². The largest absolute Gasteiger partial charge is 0.495 e. The van der Waals surface area contributed by atoms with Crippen LogP contribution in [-0.4, -0.2) is 74.7 Å². The van der Waals surface area contributed by atoms with Gasteiger partial charge in [0.1, 0.15) is 12.3 Å². The van der Waals surface area contributed by atoms with Gasteiger partial charge in [0.25, 0.3) is 0 Å². The van der Waals surface area contributed by atoms with Gasteiger partial charge in [0, 0.05) is 45.0 Å². The van der Waals surface area contributed by atoms with Crippen molar-refractivity contribution in [1.82, 2.24) is 9.80 Å². The number of benzene rings is 2. The van der Waals surface area contributed by atoms with E-state index in [9.17, 15) is 9.59 Å². The Kier molecular flexibility index (Phi) is 5.79. The lowest BCUT2D eigenvalue weighted by atomic mass is 10.2. The molecular formula is C23H28N4O3. The molecule has 30 heavy (non-hydrogen) atoms. The molecule has 2 aromatic rings. The number of aryl methyl sites for hydroxylation is 1. The molecule has 0 unspecified atom stereocenters. The third kappa shape index (κ3) is 4.06. The molecule has 2 aliphatic rings. The minimum Gasteiger partial charge on any atom is -0.495 e. The summed E-state index contributed by atoms with van der Waals surface area (Å²) >= 11 is 0. The predicted molar refractivity (Wildman–Crippen MR) is 117 cm³/mol. The van der Waals surface area contributed by atoms with Gasteiger partial charge < -0.3 is 19.4 Å². The van der Waals surface area contributed by atoms with Gasteiger partial charge in [-0.2, -0.15) is 0 Å². The van der Waals surface area contributed by atoms with Crippen LogP contribution < -0.4 is 14.5 Å². The fourth-order valence-electron chi connectivity index (χ4n) is 4.04. The Hall–Kier alpha value is -3.22. The van der Waals surface area contributed by atoms with Crippen LogP contribution in [0.25, 0.3) is 0 Å². The smallest absolute Gasteiger partial charge is 0.325 e. The number of rotatable bonds is 5. The molecule has 0 saturated carbocycles. The molecule has 4 rings (SSSR count). The molecule has 158 valence electrons. The number of carbonyl (C=O) groups excluding carboxylic acids is 2. The molecule has 0 aliphatic carbocycles. The number of urea groups is 1. The summed E-state index contributed by atoms with van der Waals surface area (Å²) in [5, 5.41) is 0. The van der Waals surface area contributed by atoms with Gasteiger partial charge in [0.15, 0.2) is 0 Å². The van der Waals surface area contributed by atoms with E-state index in [1.54, 1.807) is 16.9 Å². The lowest BCUT2D eigenvalue weighted by molar-refractivity contribution is -0.131. The van der Waals surface area contributed by atoms with E-state index in [1.807, 2.05) is 60.4 Å². The van der Waals surface area contributed by atoms with Gasteiger partial charge in [-0.15, -0.1) is 0 Å². The third-order valence-electron chi connectivity index (χ3n) is 5.82. The minimum atomic E-state index is -0.0974. The Morgan fingerprint density at radius 1 is 0.933 bits per heavy atom. The van der Waals surface area contributed by atoms with Gasteiger partial charge in [-0.3, -0.25) is 9.69 Å². The maximum atomic E-state index is 12.8. The second kappa shape index (κ2) is 8.65. The number of nitrogens with zero attached hydrogens (tertiary/aromatic N) is 4. The summed E-state index contributed by atoms with van der Waals surface area (Å²) < 4.78 is 5.46. The normalized spacial score (nSPS) is 16.9. The van der Waals surface area contributed by atoms with E-state index in [1.165, 1.54) is 0 Å². The van der Waals surface area contributed by atoms with Gasteiger partial charge in [-0.05, 0) is 31.2 Å². The molecule has 0 atom stereocenters. The van der Waals surface area contributed by atoms with Crippen LogP contribution >= 0.6 is 0 Å². The number of methoxy groups -OCH3 is 1. The first-order chi connectivity index (χ1) is 14.6. The fraction of sp³-hybridized carbons (Fsp3) is 0.391. The summed E-state index contributed by atoms with van der Waals surface area (Å²) in [5.74, 6) is 0.852. The molecule has 0 bridgehead atoms. The van der Waals surface area contributed by atoms with Crippen molar-refractivity contribution in [2.24, 2.45) is 0 Å². The average Bonchev–Trinajstić information content (AvgIpc) is 3.14. The lowest BCUT2D eigenvalue weighted by Gasteiger charge is -2.37. The zero-order valence-corrected chi connectivity index (χ0v) is 17.6. The highest BCUT2D eigenvalue weighted by Gasteiger charge is 2.32. The monoisotopic (exact) mass is 408 g/mol. The van der Waals surface area contributed by atoms with Crippen LogP contribution in [0.15, 0.2) is 48.5 Å². The number of piperazine rings is 1. The quantitative estimate of drug-likeness (QED) is 0.763. The van der Waals surface area contributed by atoms with Crippen molar-refractivity contribution in [2.45, 2.75) is 6.92 Å². The van der Waals surface area contributed by atoms with Gasteiger partial charge in [0.05, 0.1) is 12.8 Å². The molecule has 2 aliphatic heterocycles. The Balaban J connectivity index is 1.32. The van der Waals surface area contributed by atoms with E-state index < -0.39 is 0 Å². The molecule has 2 saturated heterocycles. The highest BCUT2D eigenvalue weighted by Crippen LogP contribution is 2.28. The molecule has 2 fully saturated rings. The maximum Gasteiger partial charge on any atom is 0.325 e.